The van der Waals surface area contributed by atoms with Gasteiger partial charge in [-0.1, -0.05) is 60.1 Å². The largest absolute Gasteiger partial charge is 0.469 e. The summed E-state index contributed by atoms with van der Waals surface area (Å²) < 4.78 is 5.51. The van der Waals surface area contributed by atoms with Crippen molar-refractivity contribution in [1.29, 1.82) is 0 Å². The molecule has 34 heavy (non-hydrogen) atoms. The van der Waals surface area contributed by atoms with Gasteiger partial charge in [-0.2, -0.15) is 0 Å². The van der Waals surface area contributed by atoms with Crippen molar-refractivity contribution in [3.05, 3.63) is 11.6 Å². The van der Waals surface area contributed by atoms with Crippen LogP contribution in [0.25, 0.3) is 0 Å². The molecule has 10 atom stereocenters. The van der Waals surface area contributed by atoms with E-state index >= 15 is 0 Å². The smallest absolute Gasteiger partial charge is 0.312 e. The van der Waals surface area contributed by atoms with Crippen molar-refractivity contribution < 1.29 is 14.6 Å². The van der Waals surface area contributed by atoms with Crippen LogP contribution in [0.1, 0.15) is 106 Å². The molecule has 3 heteroatoms. The van der Waals surface area contributed by atoms with Crippen LogP contribution < -0.4 is 0 Å². The van der Waals surface area contributed by atoms with Crippen LogP contribution in [0, 0.1) is 56.7 Å². The molecule has 5 aliphatic carbocycles. The van der Waals surface area contributed by atoms with Gasteiger partial charge in [-0.15, -0.1) is 0 Å². The molecule has 0 aromatic rings. The molecule has 0 saturated heterocycles. The highest BCUT2D eigenvalue weighted by atomic mass is 16.5. The minimum Gasteiger partial charge on any atom is -0.469 e. The molecule has 0 aliphatic heterocycles. The van der Waals surface area contributed by atoms with E-state index in [4.69, 9.17) is 4.74 Å². The average molecular weight is 471 g/mol. The number of aliphatic hydroxyl groups is 1. The van der Waals surface area contributed by atoms with E-state index in [1.165, 1.54) is 12.8 Å². The topological polar surface area (TPSA) is 46.5 Å². The summed E-state index contributed by atoms with van der Waals surface area (Å²) >= 11 is 0. The van der Waals surface area contributed by atoms with Crippen molar-refractivity contribution in [3.63, 3.8) is 0 Å². The van der Waals surface area contributed by atoms with Gasteiger partial charge in [0.1, 0.15) is 0 Å². The maximum absolute atomic E-state index is 13.4. The fourth-order valence-electron chi connectivity index (χ4n) is 11.0. The van der Waals surface area contributed by atoms with E-state index < -0.39 is 0 Å². The first-order valence-corrected chi connectivity index (χ1v) is 14.3. The van der Waals surface area contributed by atoms with E-state index in [-0.39, 0.29) is 39.1 Å². The number of ether oxygens (including phenoxy) is 1. The van der Waals surface area contributed by atoms with Crippen LogP contribution in [0.5, 0.6) is 0 Å². The van der Waals surface area contributed by atoms with Crippen molar-refractivity contribution in [2.75, 3.05) is 7.11 Å². The molecule has 0 unspecified atom stereocenters. The summed E-state index contributed by atoms with van der Waals surface area (Å²) in [5.74, 6) is 2.73. The lowest BCUT2D eigenvalue weighted by Gasteiger charge is -2.71. The van der Waals surface area contributed by atoms with Crippen LogP contribution in [0.15, 0.2) is 11.6 Å². The number of esters is 1. The molecule has 0 heterocycles. The van der Waals surface area contributed by atoms with Crippen LogP contribution in [-0.4, -0.2) is 24.3 Å². The molecule has 0 aromatic carbocycles. The predicted octanol–water partition coefficient (Wildman–Crippen LogP) is 7.18. The maximum Gasteiger partial charge on any atom is 0.312 e. The molecule has 0 radical (unpaired) electrons. The summed E-state index contributed by atoms with van der Waals surface area (Å²) in [5, 5.41) is 10.9. The third-order valence-electron chi connectivity index (χ3n) is 13.6. The Hall–Kier alpha value is -0.830. The molecule has 0 bridgehead atoms. The summed E-state index contributed by atoms with van der Waals surface area (Å²) in [6.45, 7) is 17.2. The summed E-state index contributed by atoms with van der Waals surface area (Å²) in [6, 6.07) is 0. The van der Waals surface area contributed by atoms with Crippen molar-refractivity contribution in [1.82, 2.24) is 0 Å². The second kappa shape index (κ2) is 7.59. The number of fused-ring (bicyclic) bond motifs is 7. The Bertz CT molecular complexity index is 889. The number of methoxy groups -OCH3 is 1. The highest BCUT2D eigenvalue weighted by Gasteiger charge is 2.69. The molecule has 3 nitrogen and oxygen atoms in total. The zero-order chi connectivity index (χ0) is 24.9. The molecule has 5 aliphatic rings. The van der Waals surface area contributed by atoms with Crippen LogP contribution in [0.3, 0.4) is 0 Å². The number of rotatable bonds is 1. The lowest BCUT2D eigenvalue weighted by molar-refractivity contribution is -0.207. The quantitative estimate of drug-likeness (QED) is 0.326. The fourth-order valence-corrected chi connectivity index (χ4v) is 11.0. The van der Waals surface area contributed by atoms with Gasteiger partial charge in [-0.05, 0) is 109 Å². The van der Waals surface area contributed by atoms with E-state index in [9.17, 15) is 9.90 Å². The Morgan fingerprint density at radius 1 is 0.941 bits per heavy atom. The SMILES string of the molecule is COC(=O)[C@]12CC[C@@H](C)[C@H](C)[C@H]1C1=CC[C@H]3[C@@]4(C)CC[C@@H](O)C(C)(C)[C@H]4CC[C@@]3(C)[C@]1(C)CC2. The Kier molecular flexibility index (Phi) is 5.55. The lowest BCUT2D eigenvalue weighted by Crippen LogP contribution is -2.65. The fraction of sp³-hybridized carbons (Fsp3) is 0.903. The van der Waals surface area contributed by atoms with E-state index in [0.717, 1.165) is 44.9 Å². The molecule has 1 N–H and O–H groups in total. The van der Waals surface area contributed by atoms with E-state index in [1.807, 2.05) is 0 Å². The standard InChI is InChI=1S/C31H50O3/c1-19-11-16-31(26(33)34-8)18-17-29(6)21(25(31)20(19)2)9-10-23-28(5)14-13-24(32)27(3,4)22(28)12-15-30(23,29)7/h9,19-20,22-25,32H,10-18H2,1-8H3/t19-,20+,22-,23+,24-,25+,28+,29-,30-,31+/m1/s1. The van der Waals surface area contributed by atoms with Crippen LogP contribution in [-0.2, 0) is 9.53 Å². The molecule has 0 spiro atoms. The van der Waals surface area contributed by atoms with Gasteiger partial charge in [0.15, 0.2) is 0 Å². The average Bonchev–Trinajstić information content (AvgIpc) is 2.79. The number of aliphatic hydroxyl groups excluding tert-OH is 1. The summed E-state index contributed by atoms with van der Waals surface area (Å²) in [5.41, 5.74) is 1.91. The molecular formula is C31H50O3. The third-order valence-corrected chi connectivity index (χ3v) is 13.6. The lowest BCUT2D eigenvalue weighted by atomic mass is 9.33. The van der Waals surface area contributed by atoms with Crippen molar-refractivity contribution in [3.8, 4) is 0 Å². The van der Waals surface area contributed by atoms with Gasteiger partial charge in [-0.3, -0.25) is 4.79 Å². The molecule has 0 amide bonds. The van der Waals surface area contributed by atoms with Gasteiger partial charge < -0.3 is 9.84 Å². The van der Waals surface area contributed by atoms with E-state index in [1.54, 1.807) is 12.7 Å². The number of hydrogen-bond acceptors (Lipinski definition) is 3. The molecule has 4 fully saturated rings. The monoisotopic (exact) mass is 470 g/mol. The second-order valence-electron chi connectivity index (χ2n) is 14.7. The maximum atomic E-state index is 13.4. The summed E-state index contributed by atoms with van der Waals surface area (Å²) in [7, 11) is 1.60. The normalized spacial score (nSPS) is 54.0. The van der Waals surface area contributed by atoms with Crippen molar-refractivity contribution in [2.45, 2.75) is 112 Å². The van der Waals surface area contributed by atoms with Crippen molar-refractivity contribution >= 4 is 5.97 Å². The molecular weight excluding hydrogens is 420 g/mol. The highest BCUT2D eigenvalue weighted by molar-refractivity contribution is 5.78. The first-order chi connectivity index (χ1) is 15.8. The first kappa shape index (κ1) is 24.8. The zero-order valence-electron chi connectivity index (χ0n) is 23.2. The Balaban J connectivity index is 1.61. The van der Waals surface area contributed by atoms with Gasteiger partial charge >= 0.3 is 5.97 Å². The predicted molar refractivity (Wildman–Crippen MR) is 137 cm³/mol. The third kappa shape index (κ3) is 2.83. The summed E-state index contributed by atoms with van der Waals surface area (Å²) in [6.07, 6.45) is 12.3. The summed E-state index contributed by atoms with van der Waals surface area (Å²) in [4.78, 5) is 13.4. The number of carbonyl (C=O) groups is 1. The Morgan fingerprint density at radius 2 is 1.65 bits per heavy atom. The Morgan fingerprint density at radius 3 is 2.32 bits per heavy atom. The van der Waals surface area contributed by atoms with Gasteiger partial charge in [0, 0.05) is 0 Å². The number of carbonyl (C=O) groups excluding carboxylic acids is 1. The number of allylic oxidation sites excluding steroid dienone is 2. The van der Waals surface area contributed by atoms with Gasteiger partial charge in [0.05, 0.1) is 18.6 Å². The van der Waals surface area contributed by atoms with Crippen molar-refractivity contribution in [2.24, 2.45) is 56.7 Å². The molecule has 0 aromatic heterocycles. The first-order valence-electron chi connectivity index (χ1n) is 14.3. The van der Waals surface area contributed by atoms with Crippen LogP contribution in [0.2, 0.25) is 0 Å². The molecule has 5 rings (SSSR count). The molecule has 4 saturated carbocycles. The van der Waals surface area contributed by atoms with E-state index in [2.05, 4.69) is 54.5 Å². The second-order valence-corrected chi connectivity index (χ2v) is 14.7. The van der Waals surface area contributed by atoms with Gasteiger partial charge in [0.2, 0.25) is 0 Å². The Labute approximate surface area is 208 Å². The number of hydrogen-bond donors (Lipinski definition) is 1. The van der Waals surface area contributed by atoms with Gasteiger partial charge in [-0.25, -0.2) is 0 Å². The molecule has 192 valence electrons. The van der Waals surface area contributed by atoms with Crippen LogP contribution >= 0.6 is 0 Å². The van der Waals surface area contributed by atoms with Gasteiger partial charge in [0.25, 0.3) is 0 Å². The van der Waals surface area contributed by atoms with Crippen LogP contribution in [0.4, 0.5) is 0 Å². The minimum absolute atomic E-state index is 0.0147. The minimum atomic E-state index is -0.326. The highest BCUT2D eigenvalue weighted by Crippen LogP contribution is 2.75. The van der Waals surface area contributed by atoms with E-state index in [0.29, 0.717) is 29.6 Å². The zero-order valence-corrected chi connectivity index (χ0v) is 23.2.